The zero-order chi connectivity index (χ0) is 30.3. The standard InChI is InChI=1S/C36H75N.C3H9N/c1-3-5-7-9-11-13-15-17-19-21-23-25-27-29-31-33-35-37-36-34-32-30-28-26-24-22-20-18-16-14-12-10-8-6-4-2;1-4(2)3/h37H,3-36H2,1-2H3;1-3H3. The van der Waals surface area contributed by atoms with E-state index in [1.165, 1.54) is 219 Å². The first-order chi connectivity index (χ1) is 20.1. The zero-order valence-corrected chi connectivity index (χ0v) is 30.0. The van der Waals surface area contributed by atoms with Crippen LogP contribution in [0.3, 0.4) is 0 Å². The molecular weight excluding hydrogens is 496 g/mol. The molecule has 1 N–H and O–H groups in total. The predicted octanol–water partition coefficient (Wildman–Crippen LogP) is 13.3. The summed E-state index contributed by atoms with van der Waals surface area (Å²) in [4.78, 5) is 2.00. The Morgan fingerprint density at radius 3 is 0.585 bits per heavy atom. The van der Waals surface area contributed by atoms with Gasteiger partial charge in [0.05, 0.1) is 0 Å². The van der Waals surface area contributed by atoms with Gasteiger partial charge in [0.1, 0.15) is 0 Å². The Kier molecular flexibility index (Phi) is 44.2. The average Bonchev–Trinajstić information content (AvgIpc) is 2.95. The van der Waals surface area contributed by atoms with Gasteiger partial charge in [-0.1, -0.05) is 206 Å². The highest BCUT2D eigenvalue weighted by Gasteiger charge is 1.97. The van der Waals surface area contributed by atoms with Crippen molar-refractivity contribution in [2.75, 3.05) is 34.2 Å². The summed E-state index contributed by atoms with van der Waals surface area (Å²) in [7, 11) is 6.00. The third kappa shape index (κ3) is 49.9. The first-order valence-corrected chi connectivity index (χ1v) is 19.5. The molecule has 0 radical (unpaired) electrons. The molecule has 0 aliphatic heterocycles. The van der Waals surface area contributed by atoms with Crippen LogP contribution in [0.1, 0.15) is 219 Å². The van der Waals surface area contributed by atoms with Gasteiger partial charge in [0.15, 0.2) is 0 Å². The maximum atomic E-state index is 3.68. The molecule has 2 heteroatoms. The molecular formula is C39H84N2. The molecule has 41 heavy (non-hydrogen) atoms. The minimum atomic E-state index is 1.25. The summed E-state index contributed by atoms with van der Waals surface area (Å²) in [6, 6.07) is 0. The van der Waals surface area contributed by atoms with E-state index in [9.17, 15) is 0 Å². The Morgan fingerprint density at radius 2 is 0.415 bits per heavy atom. The summed E-state index contributed by atoms with van der Waals surface area (Å²) in [6.45, 7) is 7.11. The van der Waals surface area contributed by atoms with Gasteiger partial charge in [-0.05, 0) is 47.1 Å². The van der Waals surface area contributed by atoms with Crippen LogP contribution in [0, 0.1) is 0 Å². The van der Waals surface area contributed by atoms with E-state index >= 15 is 0 Å². The van der Waals surface area contributed by atoms with E-state index < -0.39 is 0 Å². The van der Waals surface area contributed by atoms with Crippen molar-refractivity contribution in [2.24, 2.45) is 0 Å². The van der Waals surface area contributed by atoms with Crippen LogP contribution >= 0.6 is 0 Å². The van der Waals surface area contributed by atoms with E-state index in [4.69, 9.17) is 0 Å². The molecule has 0 unspecified atom stereocenters. The molecule has 0 spiro atoms. The Balaban J connectivity index is 0. The van der Waals surface area contributed by atoms with Crippen molar-refractivity contribution in [3.8, 4) is 0 Å². The molecule has 0 aromatic heterocycles. The third-order valence-electron chi connectivity index (χ3n) is 8.41. The van der Waals surface area contributed by atoms with Gasteiger partial charge in [-0.15, -0.1) is 0 Å². The minimum absolute atomic E-state index is 1.25. The molecule has 0 heterocycles. The molecule has 2 nitrogen and oxygen atoms in total. The SMILES string of the molecule is CCCCCCCCCCCCCCCCCCNCCCCCCCCCCCCCCCCCC.CN(C)C. The van der Waals surface area contributed by atoms with Crippen LogP contribution in [0.4, 0.5) is 0 Å². The number of hydrogen-bond acceptors (Lipinski definition) is 2. The second-order valence-electron chi connectivity index (χ2n) is 13.7. The van der Waals surface area contributed by atoms with Gasteiger partial charge in [0.25, 0.3) is 0 Å². The van der Waals surface area contributed by atoms with Crippen LogP contribution in [0.15, 0.2) is 0 Å². The second-order valence-corrected chi connectivity index (χ2v) is 13.7. The normalized spacial score (nSPS) is 11.3. The quantitative estimate of drug-likeness (QED) is 0.0761. The molecule has 0 saturated carbocycles. The highest BCUT2D eigenvalue weighted by Crippen LogP contribution is 2.15. The first-order valence-electron chi connectivity index (χ1n) is 19.5. The van der Waals surface area contributed by atoms with Gasteiger partial charge in [-0.2, -0.15) is 0 Å². The third-order valence-corrected chi connectivity index (χ3v) is 8.41. The summed E-state index contributed by atoms with van der Waals surface area (Å²) in [5, 5.41) is 3.68. The highest BCUT2D eigenvalue weighted by atomic mass is 15.0. The van der Waals surface area contributed by atoms with Gasteiger partial charge in [-0.25, -0.2) is 0 Å². The molecule has 0 aliphatic carbocycles. The fourth-order valence-electron chi connectivity index (χ4n) is 5.72. The molecule has 0 bridgehead atoms. The van der Waals surface area contributed by atoms with Crippen molar-refractivity contribution in [1.29, 1.82) is 0 Å². The molecule has 0 atom stereocenters. The number of hydrogen-bond donors (Lipinski definition) is 1. The Bertz CT molecular complexity index is 372. The topological polar surface area (TPSA) is 15.3 Å². The maximum Gasteiger partial charge on any atom is -0.00489 e. The summed E-state index contributed by atoms with van der Waals surface area (Å²) < 4.78 is 0. The lowest BCUT2D eigenvalue weighted by molar-refractivity contribution is 0.505. The monoisotopic (exact) mass is 581 g/mol. The van der Waals surface area contributed by atoms with Gasteiger partial charge in [0, 0.05) is 0 Å². The van der Waals surface area contributed by atoms with Gasteiger partial charge < -0.3 is 10.2 Å². The van der Waals surface area contributed by atoms with Crippen LogP contribution in [-0.2, 0) is 0 Å². The van der Waals surface area contributed by atoms with Crippen LogP contribution in [0.5, 0.6) is 0 Å². The van der Waals surface area contributed by atoms with E-state index in [-0.39, 0.29) is 0 Å². The van der Waals surface area contributed by atoms with Crippen LogP contribution in [-0.4, -0.2) is 39.1 Å². The predicted molar refractivity (Wildman–Crippen MR) is 192 cm³/mol. The van der Waals surface area contributed by atoms with Crippen molar-refractivity contribution in [2.45, 2.75) is 219 Å². The molecule has 0 fully saturated rings. The summed E-state index contributed by atoms with van der Waals surface area (Å²) in [5.74, 6) is 0. The fourth-order valence-corrected chi connectivity index (χ4v) is 5.72. The molecule has 0 amide bonds. The summed E-state index contributed by atoms with van der Waals surface area (Å²) in [5.41, 5.74) is 0. The largest absolute Gasteiger partial charge is 0.317 e. The van der Waals surface area contributed by atoms with Crippen LogP contribution in [0.25, 0.3) is 0 Å². The van der Waals surface area contributed by atoms with Crippen molar-refractivity contribution in [3.63, 3.8) is 0 Å². The molecule has 0 aromatic rings. The van der Waals surface area contributed by atoms with Crippen molar-refractivity contribution in [1.82, 2.24) is 10.2 Å². The molecule has 0 saturated heterocycles. The van der Waals surface area contributed by atoms with Crippen LogP contribution in [0.2, 0.25) is 0 Å². The summed E-state index contributed by atoms with van der Waals surface area (Å²) in [6.07, 6.45) is 46.7. The molecule has 0 rings (SSSR count). The lowest BCUT2D eigenvalue weighted by Gasteiger charge is -2.06. The minimum Gasteiger partial charge on any atom is -0.317 e. The Hall–Kier alpha value is -0.0800. The molecule has 0 aliphatic rings. The van der Waals surface area contributed by atoms with Gasteiger partial charge in [-0.3, -0.25) is 0 Å². The van der Waals surface area contributed by atoms with Crippen molar-refractivity contribution in [3.05, 3.63) is 0 Å². The highest BCUT2D eigenvalue weighted by molar-refractivity contribution is 4.54. The number of nitrogens with zero attached hydrogens (tertiary/aromatic N) is 1. The van der Waals surface area contributed by atoms with Crippen molar-refractivity contribution < 1.29 is 0 Å². The zero-order valence-electron chi connectivity index (χ0n) is 30.0. The molecule has 250 valence electrons. The van der Waals surface area contributed by atoms with Gasteiger partial charge >= 0.3 is 0 Å². The smallest absolute Gasteiger partial charge is 0.00489 e. The van der Waals surface area contributed by atoms with E-state index in [1.54, 1.807) is 0 Å². The number of rotatable bonds is 34. The van der Waals surface area contributed by atoms with Gasteiger partial charge in [0.2, 0.25) is 0 Å². The van der Waals surface area contributed by atoms with E-state index in [0.29, 0.717) is 0 Å². The molecule has 0 aromatic carbocycles. The number of unbranched alkanes of at least 4 members (excludes halogenated alkanes) is 30. The first kappa shape index (κ1) is 43.0. The number of nitrogens with one attached hydrogen (secondary N) is 1. The maximum absolute atomic E-state index is 3.68. The lowest BCUT2D eigenvalue weighted by Crippen LogP contribution is -2.16. The summed E-state index contributed by atoms with van der Waals surface area (Å²) >= 11 is 0. The van der Waals surface area contributed by atoms with E-state index in [0.717, 1.165) is 0 Å². The Labute approximate surface area is 263 Å². The van der Waals surface area contributed by atoms with Crippen LogP contribution < -0.4 is 5.32 Å². The fraction of sp³-hybridized carbons (Fsp3) is 1.00. The van der Waals surface area contributed by atoms with E-state index in [2.05, 4.69) is 19.2 Å². The lowest BCUT2D eigenvalue weighted by atomic mass is 10.0. The van der Waals surface area contributed by atoms with Crippen molar-refractivity contribution >= 4 is 0 Å². The Morgan fingerprint density at radius 1 is 0.268 bits per heavy atom. The second kappa shape index (κ2) is 42.1. The van der Waals surface area contributed by atoms with E-state index in [1.807, 2.05) is 26.0 Å². The average molecular weight is 581 g/mol.